The Labute approximate surface area is 102 Å². The third-order valence-corrected chi connectivity index (χ3v) is 3.74. The predicted molar refractivity (Wildman–Crippen MR) is 65.5 cm³/mol. The van der Waals surface area contributed by atoms with E-state index in [0.29, 0.717) is 4.88 Å². The average molecular weight is 251 g/mol. The third kappa shape index (κ3) is 2.36. The van der Waals surface area contributed by atoms with Gasteiger partial charge in [-0.3, -0.25) is 9.36 Å². The molecule has 0 fully saturated rings. The van der Waals surface area contributed by atoms with Crippen molar-refractivity contribution in [2.75, 3.05) is 0 Å². The van der Waals surface area contributed by atoms with Crippen molar-refractivity contribution in [3.05, 3.63) is 38.7 Å². The standard InChI is InChI=1S/C11H13N3O2S/c1-3-8-4-5-10(17-8)9(15)6-14-11(16)13(2)7-12-14/h4-5,7H,3,6H2,1-2H3. The van der Waals surface area contributed by atoms with Crippen LogP contribution in [-0.2, 0) is 20.0 Å². The summed E-state index contributed by atoms with van der Waals surface area (Å²) < 4.78 is 2.52. The summed E-state index contributed by atoms with van der Waals surface area (Å²) in [5, 5.41) is 3.86. The van der Waals surface area contributed by atoms with Crippen LogP contribution in [0.25, 0.3) is 0 Å². The number of Topliss-reactive ketones (excluding diaryl/α,β-unsaturated/α-hetero) is 1. The Balaban J connectivity index is 2.17. The average Bonchev–Trinajstić information content (AvgIpc) is 2.91. The summed E-state index contributed by atoms with van der Waals surface area (Å²) in [7, 11) is 1.61. The molecule has 2 heterocycles. The van der Waals surface area contributed by atoms with E-state index in [1.54, 1.807) is 13.1 Å². The Kier molecular flexibility index (Phi) is 3.23. The monoisotopic (exact) mass is 251 g/mol. The summed E-state index contributed by atoms with van der Waals surface area (Å²) in [5.41, 5.74) is -0.273. The first-order valence-electron chi connectivity index (χ1n) is 5.32. The van der Waals surface area contributed by atoms with Crippen LogP contribution in [-0.4, -0.2) is 20.1 Å². The Morgan fingerprint density at radius 1 is 1.47 bits per heavy atom. The van der Waals surface area contributed by atoms with Gasteiger partial charge in [0.25, 0.3) is 0 Å². The van der Waals surface area contributed by atoms with Gasteiger partial charge in [-0.2, -0.15) is 5.10 Å². The SMILES string of the molecule is CCc1ccc(C(=O)Cn2ncn(C)c2=O)s1. The van der Waals surface area contributed by atoms with Crippen molar-refractivity contribution in [1.82, 2.24) is 14.3 Å². The molecule has 2 aromatic heterocycles. The van der Waals surface area contributed by atoms with Crippen LogP contribution in [0, 0.1) is 0 Å². The van der Waals surface area contributed by atoms with Crippen LogP contribution in [0.1, 0.15) is 21.5 Å². The summed E-state index contributed by atoms with van der Waals surface area (Å²) >= 11 is 1.47. The number of aryl methyl sites for hydroxylation is 2. The number of rotatable bonds is 4. The molecule has 0 saturated heterocycles. The van der Waals surface area contributed by atoms with Crippen LogP contribution in [0.5, 0.6) is 0 Å². The van der Waals surface area contributed by atoms with Crippen LogP contribution >= 0.6 is 11.3 Å². The molecular formula is C11H13N3O2S. The van der Waals surface area contributed by atoms with Crippen LogP contribution in [0.2, 0.25) is 0 Å². The number of aromatic nitrogens is 3. The van der Waals surface area contributed by atoms with Crippen molar-refractivity contribution < 1.29 is 4.79 Å². The van der Waals surface area contributed by atoms with Gasteiger partial charge < -0.3 is 0 Å². The maximum absolute atomic E-state index is 11.9. The molecule has 5 nitrogen and oxygen atoms in total. The zero-order chi connectivity index (χ0) is 12.4. The molecule has 0 atom stereocenters. The highest BCUT2D eigenvalue weighted by Gasteiger charge is 2.12. The van der Waals surface area contributed by atoms with Gasteiger partial charge >= 0.3 is 5.69 Å². The van der Waals surface area contributed by atoms with Crippen LogP contribution in [0.15, 0.2) is 23.3 Å². The summed E-state index contributed by atoms with van der Waals surface area (Å²) in [4.78, 5) is 25.3. The molecule has 6 heteroatoms. The molecule has 0 amide bonds. The zero-order valence-corrected chi connectivity index (χ0v) is 10.5. The van der Waals surface area contributed by atoms with Crippen molar-refractivity contribution in [2.45, 2.75) is 19.9 Å². The molecule has 17 heavy (non-hydrogen) atoms. The topological polar surface area (TPSA) is 56.9 Å². The van der Waals surface area contributed by atoms with Crippen molar-refractivity contribution in [3.63, 3.8) is 0 Å². The summed E-state index contributed by atoms with van der Waals surface area (Å²) in [5.74, 6) is -0.0736. The first-order chi connectivity index (χ1) is 8.11. The second-order valence-corrected chi connectivity index (χ2v) is 4.89. The van der Waals surface area contributed by atoms with Crippen LogP contribution in [0.4, 0.5) is 0 Å². The lowest BCUT2D eigenvalue weighted by atomic mass is 10.3. The van der Waals surface area contributed by atoms with Crippen molar-refractivity contribution in [1.29, 1.82) is 0 Å². The minimum atomic E-state index is -0.273. The van der Waals surface area contributed by atoms with Gasteiger partial charge in [-0.25, -0.2) is 9.48 Å². The molecule has 0 aliphatic carbocycles. The highest BCUT2D eigenvalue weighted by atomic mass is 32.1. The lowest BCUT2D eigenvalue weighted by Crippen LogP contribution is -2.26. The maximum atomic E-state index is 11.9. The third-order valence-electron chi connectivity index (χ3n) is 2.47. The minimum Gasteiger partial charge on any atom is -0.291 e. The fourth-order valence-corrected chi connectivity index (χ4v) is 2.34. The second-order valence-electron chi connectivity index (χ2n) is 3.72. The number of hydrogen-bond donors (Lipinski definition) is 0. The van der Waals surface area contributed by atoms with E-state index in [4.69, 9.17) is 0 Å². The molecule has 0 spiro atoms. The molecule has 0 aliphatic heterocycles. The van der Waals surface area contributed by atoms with E-state index in [0.717, 1.165) is 6.42 Å². The van der Waals surface area contributed by atoms with E-state index >= 15 is 0 Å². The predicted octanol–water partition coefficient (Wildman–Crippen LogP) is 1.09. The molecule has 90 valence electrons. The first kappa shape index (κ1) is 11.8. The van der Waals surface area contributed by atoms with E-state index in [1.807, 2.05) is 13.0 Å². The Morgan fingerprint density at radius 2 is 2.24 bits per heavy atom. The fraction of sp³-hybridized carbons (Fsp3) is 0.364. The van der Waals surface area contributed by atoms with E-state index in [9.17, 15) is 9.59 Å². The fourth-order valence-electron chi connectivity index (χ4n) is 1.46. The maximum Gasteiger partial charge on any atom is 0.345 e. The van der Waals surface area contributed by atoms with Gasteiger partial charge in [-0.15, -0.1) is 11.3 Å². The highest BCUT2D eigenvalue weighted by molar-refractivity contribution is 7.14. The largest absolute Gasteiger partial charge is 0.345 e. The molecule has 0 saturated carbocycles. The number of ketones is 1. The minimum absolute atomic E-state index is 0.00331. The molecule has 0 aromatic carbocycles. The van der Waals surface area contributed by atoms with Crippen LogP contribution in [0.3, 0.4) is 0 Å². The van der Waals surface area contributed by atoms with E-state index in [1.165, 1.54) is 31.8 Å². The lowest BCUT2D eigenvalue weighted by molar-refractivity contribution is 0.0970. The summed E-state index contributed by atoms with van der Waals surface area (Å²) in [6.45, 7) is 2.05. The molecule has 0 aliphatic rings. The first-order valence-corrected chi connectivity index (χ1v) is 6.13. The normalized spacial score (nSPS) is 10.7. The summed E-state index contributed by atoms with van der Waals surface area (Å²) in [6.07, 6.45) is 2.32. The number of thiophene rings is 1. The molecule has 0 unspecified atom stereocenters. The molecule has 0 radical (unpaired) electrons. The molecule has 0 N–H and O–H groups in total. The van der Waals surface area contributed by atoms with Crippen molar-refractivity contribution in [3.8, 4) is 0 Å². The lowest BCUT2D eigenvalue weighted by Gasteiger charge is -1.96. The molecule has 0 bridgehead atoms. The smallest absolute Gasteiger partial charge is 0.291 e. The molecule has 2 rings (SSSR count). The highest BCUT2D eigenvalue weighted by Crippen LogP contribution is 2.17. The van der Waals surface area contributed by atoms with Crippen LogP contribution < -0.4 is 5.69 Å². The van der Waals surface area contributed by atoms with Gasteiger partial charge in [0, 0.05) is 11.9 Å². The number of nitrogens with zero attached hydrogens (tertiary/aromatic N) is 3. The van der Waals surface area contributed by atoms with Gasteiger partial charge in [0.05, 0.1) is 4.88 Å². The molecular weight excluding hydrogens is 238 g/mol. The Morgan fingerprint density at radius 3 is 2.76 bits per heavy atom. The van der Waals surface area contributed by atoms with Crippen molar-refractivity contribution in [2.24, 2.45) is 7.05 Å². The Hall–Kier alpha value is -1.69. The van der Waals surface area contributed by atoms with Gasteiger partial charge in [0.1, 0.15) is 12.9 Å². The van der Waals surface area contributed by atoms with E-state index in [-0.39, 0.29) is 18.0 Å². The van der Waals surface area contributed by atoms with Gasteiger partial charge in [0.2, 0.25) is 0 Å². The number of carbonyl (C=O) groups is 1. The second kappa shape index (κ2) is 4.67. The van der Waals surface area contributed by atoms with Gasteiger partial charge in [0.15, 0.2) is 5.78 Å². The van der Waals surface area contributed by atoms with E-state index in [2.05, 4.69) is 5.10 Å². The zero-order valence-electron chi connectivity index (χ0n) is 9.71. The molecule has 2 aromatic rings. The van der Waals surface area contributed by atoms with Gasteiger partial charge in [-0.1, -0.05) is 6.92 Å². The van der Waals surface area contributed by atoms with Gasteiger partial charge in [-0.05, 0) is 18.6 Å². The van der Waals surface area contributed by atoms with Crippen molar-refractivity contribution >= 4 is 17.1 Å². The van der Waals surface area contributed by atoms with E-state index < -0.39 is 0 Å². The number of hydrogen-bond acceptors (Lipinski definition) is 4. The quantitative estimate of drug-likeness (QED) is 0.764. The number of carbonyl (C=O) groups excluding carboxylic acids is 1. The summed E-state index contributed by atoms with van der Waals surface area (Å²) in [6, 6.07) is 3.75. The Bertz CT molecular complexity index is 594.